The molecule has 0 aromatic carbocycles. The van der Waals surface area contributed by atoms with E-state index in [0.717, 1.165) is 18.2 Å². The average molecular weight is 359 g/mol. The molecule has 0 aliphatic heterocycles. The Labute approximate surface area is 145 Å². The minimum absolute atomic E-state index is 0.442. The van der Waals surface area contributed by atoms with Gasteiger partial charge in [-0.25, -0.2) is 0 Å². The van der Waals surface area contributed by atoms with Crippen LogP contribution in [0, 0.1) is 0 Å². The maximum Gasteiger partial charge on any atom is 0.191 e. The third-order valence-electron chi connectivity index (χ3n) is 3.48. The van der Waals surface area contributed by atoms with Gasteiger partial charge in [-0.05, 0) is 17.5 Å². The molecule has 2 aromatic heterocycles. The molecule has 0 spiro atoms. The Morgan fingerprint density at radius 2 is 2.18 bits per heavy atom. The average Bonchev–Trinajstić information content (AvgIpc) is 3.13. The van der Waals surface area contributed by atoms with Gasteiger partial charge in [0, 0.05) is 37.1 Å². The molecule has 2 rings (SSSR count). The molecule has 0 fully saturated rings. The van der Waals surface area contributed by atoms with Gasteiger partial charge in [-0.15, -0.1) is 11.3 Å². The zero-order chi connectivity index (χ0) is 16.1. The molecule has 0 bridgehead atoms. The van der Waals surface area contributed by atoms with Gasteiger partial charge in [0.05, 0.1) is 11.6 Å². The molecule has 4 nitrogen and oxygen atoms in total. The molecule has 0 aliphatic carbocycles. The van der Waals surface area contributed by atoms with E-state index >= 15 is 0 Å². The Kier molecular flexibility index (Phi) is 6.17. The van der Waals surface area contributed by atoms with Crippen molar-refractivity contribution in [2.45, 2.75) is 19.4 Å². The highest BCUT2D eigenvalue weighted by Crippen LogP contribution is 2.25. The number of guanidine groups is 1. The van der Waals surface area contributed by atoms with Crippen molar-refractivity contribution < 1.29 is 0 Å². The van der Waals surface area contributed by atoms with Crippen LogP contribution in [0.4, 0.5) is 0 Å². The lowest BCUT2D eigenvalue weighted by Crippen LogP contribution is -2.38. The minimum atomic E-state index is 0.442. The largest absolute Gasteiger partial charge is 0.356 e. The first-order valence-corrected chi connectivity index (χ1v) is 8.64. The number of rotatable bonds is 5. The molecular weight excluding hydrogens is 339 g/mol. The summed E-state index contributed by atoms with van der Waals surface area (Å²) in [5.74, 6) is 1.20. The quantitative estimate of drug-likeness (QED) is 0.629. The molecule has 1 atom stereocenters. The van der Waals surface area contributed by atoms with Crippen molar-refractivity contribution in [2.75, 3.05) is 13.6 Å². The number of thiophene rings is 1. The minimum Gasteiger partial charge on any atom is -0.356 e. The molecular formula is C15H20Cl2N4S. The molecule has 2 aromatic rings. The zero-order valence-electron chi connectivity index (χ0n) is 12.9. The van der Waals surface area contributed by atoms with Crippen molar-refractivity contribution in [1.29, 1.82) is 0 Å². The van der Waals surface area contributed by atoms with E-state index in [1.807, 2.05) is 17.7 Å². The zero-order valence-corrected chi connectivity index (χ0v) is 15.2. The molecule has 0 amide bonds. The molecule has 0 aliphatic rings. The molecule has 0 radical (unpaired) electrons. The highest BCUT2D eigenvalue weighted by Gasteiger charge is 2.10. The lowest BCUT2D eigenvalue weighted by atomic mass is 10.1. The van der Waals surface area contributed by atoms with Crippen LogP contribution in [-0.2, 0) is 13.6 Å². The van der Waals surface area contributed by atoms with Crippen molar-refractivity contribution in [3.8, 4) is 0 Å². The van der Waals surface area contributed by atoms with Gasteiger partial charge in [0.25, 0.3) is 0 Å². The van der Waals surface area contributed by atoms with Crippen LogP contribution in [0.2, 0.25) is 10.2 Å². The van der Waals surface area contributed by atoms with Crippen LogP contribution in [0.1, 0.15) is 23.4 Å². The Balaban J connectivity index is 1.86. The first-order chi connectivity index (χ1) is 10.5. The fraction of sp³-hybridized carbons (Fsp3) is 0.400. The van der Waals surface area contributed by atoms with E-state index in [1.165, 1.54) is 4.88 Å². The lowest BCUT2D eigenvalue weighted by Gasteiger charge is -2.15. The van der Waals surface area contributed by atoms with E-state index in [9.17, 15) is 0 Å². The molecule has 120 valence electrons. The monoisotopic (exact) mass is 358 g/mol. The van der Waals surface area contributed by atoms with Crippen LogP contribution in [0.25, 0.3) is 0 Å². The SMILES string of the molecule is CN=C(NCc1cc(Cl)c(Cl)n1C)NCC(C)c1cccs1. The molecule has 0 saturated carbocycles. The summed E-state index contributed by atoms with van der Waals surface area (Å²) in [7, 11) is 3.65. The second-order valence-corrected chi connectivity index (χ2v) is 6.80. The summed E-state index contributed by atoms with van der Waals surface area (Å²) in [6.45, 7) is 3.63. The summed E-state index contributed by atoms with van der Waals surface area (Å²) in [6.07, 6.45) is 0. The third-order valence-corrected chi connectivity index (χ3v) is 5.43. The van der Waals surface area contributed by atoms with Crippen molar-refractivity contribution in [1.82, 2.24) is 15.2 Å². The molecule has 2 heterocycles. The summed E-state index contributed by atoms with van der Waals surface area (Å²) in [4.78, 5) is 5.60. The second kappa shape index (κ2) is 7.90. The van der Waals surface area contributed by atoms with E-state index < -0.39 is 0 Å². The van der Waals surface area contributed by atoms with Crippen molar-refractivity contribution >= 4 is 40.5 Å². The van der Waals surface area contributed by atoms with Gasteiger partial charge in [0.2, 0.25) is 0 Å². The summed E-state index contributed by atoms with van der Waals surface area (Å²) < 4.78 is 1.86. The van der Waals surface area contributed by atoms with Crippen LogP contribution in [-0.4, -0.2) is 24.1 Å². The Morgan fingerprint density at radius 1 is 1.41 bits per heavy atom. The highest BCUT2D eigenvalue weighted by molar-refractivity contribution is 7.10. The van der Waals surface area contributed by atoms with Crippen LogP contribution >= 0.6 is 34.5 Å². The van der Waals surface area contributed by atoms with Gasteiger partial charge >= 0.3 is 0 Å². The van der Waals surface area contributed by atoms with E-state index in [4.69, 9.17) is 23.2 Å². The number of aromatic nitrogens is 1. The molecule has 2 N–H and O–H groups in total. The third kappa shape index (κ3) is 4.18. The molecule has 22 heavy (non-hydrogen) atoms. The normalized spacial score (nSPS) is 13.2. The topological polar surface area (TPSA) is 41.4 Å². The van der Waals surface area contributed by atoms with Crippen molar-refractivity contribution in [3.63, 3.8) is 0 Å². The maximum absolute atomic E-state index is 6.07. The summed E-state index contributed by atoms with van der Waals surface area (Å²) in [5, 5.41) is 9.82. The molecule has 7 heteroatoms. The summed E-state index contributed by atoms with van der Waals surface area (Å²) >= 11 is 13.9. The first-order valence-electron chi connectivity index (χ1n) is 7.00. The van der Waals surface area contributed by atoms with Crippen molar-refractivity contribution in [3.05, 3.63) is 44.3 Å². The van der Waals surface area contributed by atoms with Crippen LogP contribution in [0.5, 0.6) is 0 Å². The highest BCUT2D eigenvalue weighted by atomic mass is 35.5. The molecule has 1 unspecified atom stereocenters. The van der Waals surface area contributed by atoms with Crippen LogP contribution < -0.4 is 10.6 Å². The van der Waals surface area contributed by atoms with E-state index in [-0.39, 0.29) is 0 Å². The predicted molar refractivity (Wildman–Crippen MR) is 96.4 cm³/mol. The van der Waals surface area contributed by atoms with Gasteiger partial charge in [-0.3, -0.25) is 4.99 Å². The van der Waals surface area contributed by atoms with E-state index in [1.54, 1.807) is 18.4 Å². The summed E-state index contributed by atoms with van der Waals surface area (Å²) in [6, 6.07) is 6.09. The lowest BCUT2D eigenvalue weighted by molar-refractivity contribution is 0.698. The second-order valence-electron chi connectivity index (χ2n) is 5.06. The van der Waals surface area contributed by atoms with Gasteiger partial charge < -0.3 is 15.2 Å². The Morgan fingerprint density at radius 3 is 2.73 bits per heavy atom. The van der Waals surface area contributed by atoms with Crippen molar-refractivity contribution in [2.24, 2.45) is 12.0 Å². The fourth-order valence-electron chi connectivity index (χ4n) is 2.08. The first kappa shape index (κ1) is 17.2. The number of hydrogen-bond acceptors (Lipinski definition) is 2. The van der Waals surface area contributed by atoms with Gasteiger partial charge in [-0.2, -0.15) is 0 Å². The Bertz CT molecular complexity index is 634. The smallest absolute Gasteiger partial charge is 0.191 e. The van der Waals surface area contributed by atoms with Gasteiger partial charge in [0.1, 0.15) is 5.15 Å². The number of nitrogens with one attached hydrogen (secondary N) is 2. The Hall–Kier alpha value is -1.17. The van der Waals surface area contributed by atoms with E-state index in [2.05, 4.69) is 40.1 Å². The maximum atomic E-state index is 6.07. The fourth-order valence-corrected chi connectivity index (χ4v) is 3.28. The van der Waals surface area contributed by atoms with Gasteiger partial charge in [0.15, 0.2) is 5.96 Å². The standard InChI is InChI=1S/C15H20Cl2N4S/c1-10(13-5-4-6-22-13)8-19-15(18-2)20-9-11-7-12(16)14(17)21(11)3/h4-7,10H,8-9H2,1-3H3,(H2,18,19,20). The number of nitrogens with zero attached hydrogens (tertiary/aromatic N) is 2. The van der Waals surface area contributed by atoms with Crippen LogP contribution in [0.15, 0.2) is 28.6 Å². The molecule has 0 saturated heterocycles. The number of halogens is 2. The van der Waals surface area contributed by atoms with Crippen LogP contribution in [0.3, 0.4) is 0 Å². The predicted octanol–water partition coefficient (Wildman–Crippen LogP) is 3.86. The summed E-state index contributed by atoms with van der Waals surface area (Å²) in [5.41, 5.74) is 1.00. The van der Waals surface area contributed by atoms with E-state index in [0.29, 0.717) is 22.6 Å². The number of hydrogen-bond donors (Lipinski definition) is 2. The van der Waals surface area contributed by atoms with Gasteiger partial charge in [-0.1, -0.05) is 36.2 Å². The number of aliphatic imine (C=N–C) groups is 1.